The third-order valence-corrected chi connectivity index (χ3v) is 3.41. The number of nitrogens with one attached hydrogen (secondary N) is 1. The van der Waals surface area contributed by atoms with Crippen molar-refractivity contribution in [3.63, 3.8) is 0 Å². The van der Waals surface area contributed by atoms with E-state index < -0.39 is 12.5 Å². The Labute approximate surface area is 137 Å². The molecular weight excluding hydrogens is 320 g/mol. The first-order valence-electron chi connectivity index (χ1n) is 7.29. The van der Waals surface area contributed by atoms with E-state index in [2.05, 4.69) is 10.1 Å². The van der Waals surface area contributed by atoms with Crippen molar-refractivity contribution in [2.45, 2.75) is 13.5 Å². The number of alkyl halides is 2. The van der Waals surface area contributed by atoms with Crippen LogP contribution in [0.5, 0.6) is 17.2 Å². The largest absolute Gasteiger partial charge is 0.486 e. The van der Waals surface area contributed by atoms with Crippen LogP contribution in [0.3, 0.4) is 0 Å². The third-order valence-electron chi connectivity index (χ3n) is 3.41. The van der Waals surface area contributed by atoms with Crippen molar-refractivity contribution < 1.29 is 27.8 Å². The first-order valence-corrected chi connectivity index (χ1v) is 7.29. The van der Waals surface area contributed by atoms with Crippen LogP contribution in [-0.2, 0) is 0 Å². The fourth-order valence-corrected chi connectivity index (χ4v) is 2.31. The Bertz CT molecular complexity index is 764. The normalized spacial score (nSPS) is 12.8. The van der Waals surface area contributed by atoms with Gasteiger partial charge in [-0.2, -0.15) is 8.78 Å². The molecule has 0 spiro atoms. The Kier molecular flexibility index (Phi) is 4.50. The predicted octanol–water partition coefficient (Wildman–Crippen LogP) is 3.62. The Morgan fingerprint density at radius 1 is 1.12 bits per heavy atom. The van der Waals surface area contributed by atoms with Crippen LogP contribution in [0.25, 0.3) is 0 Å². The number of amides is 1. The second kappa shape index (κ2) is 6.74. The second-order valence-corrected chi connectivity index (χ2v) is 5.19. The lowest BCUT2D eigenvalue weighted by Crippen LogP contribution is -2.17. The summed E-state index contributed by atoms with van der Waals surface area (Å²) in [5.41, 5.74) is 1.23. The number of hydrogen-bond donors (Lipinski definition) is 1. The maximum Gasteiger partial charge on any atom is 0.387 e. The summed E-state index contributed by atoms with van der Waals surface area (Å²) in [5, 5.41) is 2.57. The summed E-state index contributed by atoms with van der Waals surface area (Å²) in [7, 11) is 0. The number of hydrogen-bond acceptors (Lipinski definition) is 4. The first kappa shape index (κ1) is 16.0. The average molecular weight is 335 g/mol. The summed E-state index contributed by atoms with van der Waals surface area (Å²) in [6, 6.07) is 9.40. The molecule has 7 heteroatoms. The molecule has 1 aliphatic heterocycles. The molecule has 0 fully saturated rings. The fraction of sp³-hybridized carbons (Fsp3) is 0.235. The number of aryl methyl sites for hydroxylation is 1. The summed E-state index contributed by atoms with van der Waals surface area (Å²) in [6.45, 7) is -0.375. The van der Waals surface area contributed by atoms with Gasteiger partial charge in [0, 0.05) is 5.56 Å². The highest BCUT2D eigenvalue weighted by atomic mass is 19.3. The van der Waals surface area contributed by atoms with E-state index in [1.54, 1.807) is 31.2 Å². The number of anilines is 1. The highest BCUT2D eigenvalue weighted by Gasteiger charge is 2.17. The molecule has 0 saturated heterocycles. The molecule has 126 valence electrons. The molecule has 0 aliphatic carbocycles. The van der Waals surface area contributed by atoms with Gasteiger partial charge < -0.3 is 19.5 Å². The molecule has 0 atom stereocenters. The van der Waals surface area contributed by atoms with E-state index in [4.69, 9.17) is 9.47 Å². The van der Waals surface area contributed by atoms with Crippen LogP contribution in [0.2, 0.25) is 0 Å². The zero-order chi connectivity index (χ0) is 17.1. The summed E-state index contributed by atoms with van der Waals surface area (Å²) in [4.78, 5) is 12.4. The highest BCUT2D eigenvalue weighted by molar-refractivity contribution is 6.05. The summed E-state index contributed by atoms with van der Waals surface area (Å²) >= 11 is 0. The van der Waals surface area contributed by atoms with Crippen molar-refractivity contribution in [1.82, 2.24) is 0 Å². The number of rotatable bonds is 4. The van der Waals surface area contributed by atoms with Crippen LogP contribution in [0.4, 0.5) is 14.5 Å². The van der Waals surface area contributed by atoms with Crippen molar-refractivity contribution >= 4 is 11.6 Å². The lowest BCUT2D eigenvalue weighted by molar-refractivity contribution is -0.0494. The van der Waals surface area contributed by atoms with E-state index >= 15 is 0 Å². The van der Waals surface area contributed by atoms with Gasteiger partial charge in [-0.05, 0) is 42.8 Å². The minimum Gasteiger partial charge on any atom is -0.486 e. The van der Waals surface area contributed by atoms with Crippen molar-refractivity contribution in [3.05, 3.63) is 47.5 Å². The number of halogens is 2. The van der Waals surface area contributed by atoms with Gasteiger partial charge >= 0.3 is 6.61 Å². The molecule has 1 aliphatic rings. The molecule has 2 aromatic rings. The summed E-state index contributed by atoms with van der Waals surface area (Å²) in [5.74, 6) is 0.488. The van der Waals surface area contributed by atoms with Crippen LogP contribution < -0.4 is 19.5 Å². The number of ether oxygens (including phenoxy) is 3. The van der Waals surface area contributed by atoms with Crippen molar-refractivity contribution in [2.24, 2.45) is 0 Å². The van der Waals surface area contributed by atoms with Crippen LogP contribution >= 0.6 is 0 Å². The molecule has 0 saturated carbocycles. The number of fused-ring (bicyclic) bond motifs is 1. The quantitative estimate of drug-likeness (QED) is 0.927. The van der Waals surface area contributed by atoms with E-state index in [1.165, 1.54) is 12.1 Å². The van der Waals surface area contributed by atoms with Crippen LogP contribution in [0, 0.1) is 6.92 Å². The Morgan fingerprint density at radius 3 is 2.62 bits per heavy atom. The lowest BCUT2D eigenvalue weighted by Gasteiger charge is -2.19. The van der Waals surface area contributed by atoms with Gasteiger partial charge in [0.25, 0.3) is 5.91 Å². The SMILES string of the molecule is Cc1ccc(NC(=O)c2ccc3c(c2)OCCO3)c(OC(F)F)c1. The lowest BCUT2D eigenvalue weighted by atomic mass is 10.1. The zero-order valence-corrected chi connectivity index (χ0v) is 12.8. The fourth-order valence-electron chi connectivity index (χ4n) is 2.31. The van der Waals surface area contributed by atoms with E-state index in [9.17, 15) is 13.6 Å². The van der Waals surface area contributed by atoms with Crippen molar-refractivity contribution in [2.75, 3.05) is 18.5 Å². The standard InChI is InChI=1S/C17H15F2NO4/c1-10-2-4-12(14(8-10)24-17(18)19)20-16(21)11-3-5-13-15(9-11)23-7-6-22-13/h2-5,8-9,17H,6-7H2,1H3,(H,20,21). The van der Waals surface area contributed by atoms with Crippen LogP contribution in [-0.4, -0.2) is 25.7 Å². The highest BCUT2D eigenvalue weighted by Crippen LogP contribution is 2.32. The van der Waals surface area contributed by atoms with Gasteiger partial charge in [0.05, 0.1) is 5.69 Å². The minimum atomic E-state index is -2.98. The second-order valence-electron chi connectivity index (χ2n) is 5.19. The van der Waals surface area contributed by atoms with Crippen LogP contribution in [0.1, 0.15) is 15.9 Å². The molecule has 0 unspecified atom stereocenters. The number of carbonyl (C=O) groups excluding carboxylic acids is 1. The topological polar surface area (TPSA) is 56.8 Å². The monoisotopic (exact) mass is 335 g/mol. The Balaban J connectivity index is 1.82. The minimum absolute atomic E-state index is 0.0871. The van der Waals surface area contributed by atoms with Gasteiger partial charge in [-0.3, -0.25) is 4.79 Å². The summed E-state index contributed by atoms with van der Waals surface area (Å²) in [6.07, 6.45) is 0. The van der Waals surface area contributed by atoms with E-state index in [1.807, 2.05) is 0 Å². The Morgan fingerprint density at radius 2 is 1.88 bits per heavy atom. The predicted molar refractivity (Wildman–Crippen MR) is 83.2 cm³/mol. The Hall–Kier alpha value is -2.83. The number of benzene rings is 2. The van der Waals surface area contributed by atoms with Gasteiger partial charge in [-0.25, -0.2) is 0 Å². The maximum atomic E-state index is 12.5. The molecular formula is C17H15F2NO4. The smallest absolute Gasteiger partial charge is 0.387 e. The molecule has 0 aromatic heterocycles. The third kappa shape index (κ3) is 3.56. The van der Waals surface area contributed by atoms with E-state index in [0.29, 0.717) is 30.3 Å². The molecule has 24 heavy (non-hydrogen) atoms. The van der Waals surface area contributed by atoms with E-state index in [0.717, 1.165) is 5.56 Å². The molecule has 5 nitrogen and oxygen atoms in total. The van der Waals surface area contributed by atoms with Gasteiger partial charge in [-0.1, -0.05) is 6.07 Å². The van der Waals surface area contributed by atoms with Gasteiger partial charge in [-0.15, -0.1) is 0 Å². The zero-order valence-electron chi connectivity index (χ0n) is 12.8. The number of carbonyl (C=O) groups is 1. The molecule has 1 amide bonds. The maximum absolute atomic E-state index is 12.5. The molecule has 0 radical (unpaired) electrons. The molecule has 0 bridgehead atoms. The average Bonchev–Trinajstić information content (AvgIpc) is 2.56. The van der Waals surface area contributed by atoms with Crippen LogP contribution in [0.15, 0.2) is 36.4 Å². The van der Waals surface area contributed by atoms with Crippen molar-refractivity contribution in [1.29, 1.82) is 0 Å². The van der Waals surface area contributed by atoms with Gasteiger partial charge in [0.2, 0.25) is 0 Å². The first-order chi connectivity index (χ1) is 11.5. The van der Waals surface area contributed by atoms with Gasteiger partial charge in [0.1, 0.15) is 19.0 Å². The van der Waals surface area contributed by atoms with Gasteiger partial charge in [0.15, 0.2) is 11.5 Å². The molecule has 2 aromatic carbocycles. The molecule has 3 rings (SSSR count). The van der Waals surface area contributed by atoms with E-state index in [-0.39, 0.29) is 11.4 Å². The van der Waals surface area contributed by atoms with Crippen molar-refractivity contribution in [3.8, 4) is 17.2 Å². The molecule has 1 N–H and O–H groups in total. The molecule has 1 heterocycles. The summed E-state index contributed by atoms with van der Waals surface area (Å²) < 4.78 is 40.3.